The highest BCUT2D eigenvalue weighted by Gasteiger charge is 2.47. The van der Waals surface area contributed by atoms with Crippen molar-refractivity contribution in [1.29, 1.82) is 0 Å². The van der Waals surface area contributed by atoms with Gasteiger partial charge >= 0.3 is 12.0 Å². The van der Waals surface area contributed by atoms with Crippen LogP contribution in [-0.4, -0.2) is 47.4 Å². The zero-order chi connectivity index (χ0) is 20.7. The standard InChI is InChI=1S/C19H24ClN3O5/c1-3-4-9-19(2)17(26)23(18(27)22-19)11-16(25)28-12-15(24)21-10-13-5-7-14(20)8-6-13/h5-8H,3-4,9-12H2,1-2H3,(H,21,24)(H,22,27)/t19-/m0/s1. The van der Waals surface area contributed by atoms with Gasteiger partial charge in [-0.05, 0) is 31.0 Å². The van der Waals surface area contributed by atoms with E-state index in [4.69, 9.17) is 16.3 Å². The Kier molecular flexibility index (Phi) is 7.39. The fraction of sp³-hybridized carbons (Fsp3) is 0.474. The van der Waals surface area contributed by atoms with Gasteiger partial charge in [-0.25, -0.2) is 4.79 Å². The third-order valence-corrected chi connectivity index (χ3v) is 4.68. The number of hydrogen-bond donors (Lipinski definition) is 2. The first-order valence-electron chi connectivity index (χ1n) is 9.06. The molecule has 1 aromatic rings. The average molecular weight is 410 g/mol. The summed E-state index contributed by atoms with van der Waals surface area (Å²) < 4.78 is 4.87. The summed E-state index contributed by atoms with van der Waals surface area (Å²) in [6.45, 7) is 2.85. The molecule has 1 fully saturated rings. The molecule has 9 heteroatoms. The molecule has 8 nitrogen and oxygen atoms in total. The second-order valence-electron chi connectivity index (χ2n) is 6.82. The molecule has 1 saturated heterocycles. The Morgan fingerprint density at radius 1 is 1.25 bits per heavy atom. The van der Waals surface area contributed by atoms with Gasteiger partial charge in [-0.3, -0.25) is 19.3 Å². The molecule has 152 valence electrons. The van der Waals surface area contributed by atoms with Crippen LogP contribution in [0.15, 0.2) is 24.3 Å². The minimum Gasteiger partial charge on any atom is -0.454 e. The Morgan fingerprint density at radius 2 is 1.93 bits per heavy atom. The van der Waals surface area contributed by atoms with E-state index < -0.39 is 42.5 Å². The van der Waals surface area contributed by atoms with Gasteiger partial charge in [0, 0.05) is 11.6 Å². The minimum absolute atomic E-state index is 0.260. The van der Waals surface area contributed by atoms with Crippen LogP contribution in [0.4, 0.5) is 4.79 Å². The molecule has 1 heterocycles. The highest BCUT2D eigenvalue weighted by Crippen LogP contribution is 2.23. The number of carbonyl (C=O) groups excluding carboxylic acids is 4. The van der Waals surface area contributed by atoms with E-state index in [0.717, 1.165) is 23.3 Å². The lowest BCUT2D eigenvalue weighted by molar-refractivity contribution is -0.151. The van der Waals surface area contributed by atoms with Crippen molar-refractivity contribution in [3.63, 3.8) is 0 Å². The molecule has 2 rings (SSSR count). The van der Waals surface area contributed by atoms with Crippen LogP contribution in [0.5, 0.6) is 0 Å². The molecule has 1 aliphatic heterocycles. The number of unbranched alkanes of at least 4 members (excludes halogenated alkanes) is 1. The number of rotatable bonds is 9. The van der Waals surface area contributed by atoms with Gasteiger partial charge in [0.15, 0.2) is 6.61 Å². The summed E-state index contributed by atoms with van der Waals surface area (Å²) in [4.78, 5) is 49.0. The van der Waals surface area contributed by atoms with Crippen molar-refractivity contribution in [2.24, 2.45) is 0 Å². The predicted molar refractivity (Wildman–Crippen MR) is 102 cm³/mol. The Bertz CT molecular complexity index is 752. The Hall–Kier alpha value is -2.61. The summed E-state index contributed by atoms with van der Waals surface area (Å²) in [6.07, 6.45) is 2.15. The highest BCUT2D eigenvalue weighted by atomic mass is 35.5. The van der Waals surface area contributed by atoms with E-state index in [1.54, 1.807) is 31.2 Å². The van der Waals surface area contributed by atoms with Crippen molar-refractivity contribution in [2.45, 2.75) is 45.2 Å². The molecule has 0 spiro atoms. The minimum atomic E-state index is -1.01. The summed E-state index contributed by atoms with van der Waals surface area (Å²) in [7, 11) is 0. The SMILES string of the molecule is CCCC[C@]1(C)NC(=O)N(CC(=O)OCC(=O)NCc2ccc(Cl)cc2)C1=O. The smallest absolute Gasteiger partial charge is 0.326 e. The normalized spacial score (nSPS) is 18.8. The quantitative estimate of drug-likeness (QED) is 0.479. The zero-order valence-corrected chi connectivity index (χ0v) is 16.7. The summed E-state index contributed by atoms with van der Waals surface area (Å²) in [5.41, 5.74) is -0.168. The lowest BCUT2D eigenvalue weighted by atomic mass is 9.95. The number of amides is 4. The fourth-order valence-electron chi connectivity index (χ4n) is 2.77. The monoisotopic (exact) mass is 409 g/mol. The number of urea groups is 1. The molecular weight excluding hydrogens is 386 g/mol. The second kappa shape index (κ2) is 9.54. The summed E-state index contributed by atoms with van der Waals surface area (Å²) in [5.74, 6) is -1.78. The van der Waals surface area contributed by atoms with Crippen molar-refractivity contribution in [3.05, 3.63) is 34.9 Å². The third kappa shape index (κ3) is 5.69. The van der Waals surface area contributed by atoms with Crippen LogP contribution < -0.4 is 10.6 Å². The lowest BCUT2D eigenvalue weighted by Gasteiger charge is -2.21. The Morgan fingerprint density at radius 3 is 2.57 bits per heavy atom. The van der Waals surface area contributed by atoms with Gasteiger partial charge in [-0.15, -0.1) is 0 Å². The molecule has 4 amide bonds. The van der Waals surface area contributed by atoms with Gasteiger partial charge < -0.3 is 15.4 Å². The maximum Gasteiger partial charge on any atom is 0.326 e. The van der Waals surface area contributed by atoms with Crippen molar-refractivity contribution in [3.8, 4) is 0 Å². The summed E-state index contributed by atoms with van der Waals surface area (Å²) in [5, 5.41) is 5.81. The number of hydrogen-bond acceptors (Lipinski definition) is 5. The van der Waals surface area contributed by atoms with E-state index in [1.807, 2.05) is 6.92 Å². The van der Waals surface area contributed by atoms with Gasteiger partial charge in [-0.2, -0.15) is 0 Å². The van der Waals surface area contributed by atoms with E-state index >= 15 is 0 Å². The summed E-state index contributed by atoms with van der Waals surface area (Å²) >= 11 is 5.79. The number of benzene rings is 1. The van der Waals surface area contributed by atoms with Crippen LogP contribution in [0.1, 0.15) is 38.7 Å². The molecule has 0 aliphatic carbocycles. The Labute approximate surface area is 168 Å². The molecule has 2 N–H and O–H groups in total. The number of ether oxygens (including phenoxy) is 1. The third-order valence-electron chi connectivity index (χ3n) is 4.43. The molecule has 0 radical (unpaired) electrons. The number of halogens is 1. The van der Waals surface area contributed by atoms with Crippen LogP contribution in [0.3, 0.4) is 0 Å². The van der Waals surface area contributed by atoms with Crippen LogP contribution in [0, 0.1) is 0 Å². The van der Waals surface area contributed by atoms with E-state index in [9.17, 15) is 19.2 Å². The fourth-order valence-corrected chi connectivity index (χ4v) is 2.89. The maximum atomic E-state index is 12.4. The van der Waals surface area contributed by atoms with Crippen molar-refractivity contribution in [2.75, 3.05) is 13.2 Å². The van der Waals surface area contributed by atoms with Gasteiger partial charge in [0.05, 0.1) is 0 Å². The summed E-state index contributed by atoms with van der Waals surface area (Å²) in [6, 6.07) is 6.31. The van der Waals surface area contributed by atoms with Gasteiger partial charge in [-0.1, -0.05) is 43.5 Å². The number of imide groups is 1. The topological polar surface area (TPSA) is 105 Å². The molecule has 0 saturated carbocycles. The van der Waals surface area contributed by atoms with Gasteiger partial charge in [0.2, 0.25) is 0 Å². The van der Waals surface area contributed by atoms with Gasteiger partial charge in [0.1, 0.15) is 12.1 Å². The molecular formula is C19H24ClN3O5. The largest absolute Gasteiger partial charge is 0.454 e. The number of carbonyl (C=O) groups is 4. The van der Waals surface area contributed by atoms with Gasteiger partial charge in [0.25, 0.3) is 11.8 Å². The van der Waals surface area contributed by atoms with E-state index in [2.05, 4.69) is 10.6 Å². The van der Waals surface area contributed by atoms with Crippen LogP contribution in [0.2, 0.25) is 5.02 Å². The predicted octanol–water partition coefficient (Wildman–Crippen LogP) is 2.00. The lowest BCUT2D eigenvalue weighted by Crippen LogP contribution is -2.44. The molecule has 1 aliphatic rings. The first-order chi connectivity index (χ1) is 13.2. The number of esters is 1. The molecule has 0 aromatic heterocycles. The molecule has 0 unspecified atom stereocenters. The number of nitrogens with one attached hydrogen (secondary N) is 2. The molecule has 0 bridgehead atoms. The van der Waals surface area contributed by atoms with Crippen molar-refractivity contribution >= 4 is 35.4 Å². The van der Waals surface area contributed by atoms with E-state index in [0.29, 0.717) is 11.4 Å². The van der Waals surface area contributed by atoms with Crippen molar-refractivity contribution < 1.29 is 23.9 Å². The Balaban J connectivity index is 1.77. The highest BCUT2D eigenvalue weighted by molar-refractivity contribution is 6.30. The second-order valence-corrected chi connectivity index (χ2v) is 7.26. The van der Waals surface area contributed by atoms with E-state index in [-0.39, 0.29) is 6.54 Å². The van der Waals surface area contributed by atoms with Crippen molar-refractivity contribution in [1.82, 2.24) is 15.5 Å². The molecule has 28 heavy (non-hydrogen) atoms. The maximum absolute atomic E-state index is 12.4. The van der Waals surface area contributed by atoms with Crippen LogP contribution in [0.25, 0.3) is 0 Å². The van der Waals surface area contributed by atoms with Crippen LogP contribution >= 0.6 is 11.6 Å². The molecule has 1 atom stereocenters. The van der Waals surface area contributed by atoms with E-state index in [1.165, 1.54) is 0 Å². The first-order valence-corrected chi connectivity index (χ1v) is 9.44. The van der Waals surface area contributed by atoms with Crippen LogP contribution in [-0.2, 0) is 25.7 Å². The zero-order valence-electron chi connectivity index (χ0n) is 15.9. The number of nitrogens with zero attached hydrogens (tertiary/aromatic N) is 1. The molecule has 1 aromatic carbocycles. The first kappa shape index (κ1) is 21.7. The average Bonchev–Trinajstić information content (AvgIpc) is 2.87.